The van der Waals surface area contributed by atoms with Crippen LogP contribution in [-0.4, -0.2) is 47.8 Å². The topological polar surface area (TPSA) is 106 Å². The summed E-state index contributed by atoms with van der Waals surface area (Å²) in [6.45, 7) is 3.45. The van der Waals surface area contributed by atoms with E-state index in [1.807, 2.05) is 43.1 Å². The zero-order valence-corrected chi connectivity index (χ0v) is 19.5. The van der Waals surface area contributed by atoms with Gasteiger partial charge in [0.05, 0.1) is 15.9 Å². The highest BCUT2D eigenvalue weighted by Gasteiger charge is 2.21. The van der Waals surface area contributed by atoms with Crippen molar-refractivity contribution in [3.8, 4) is 0 Å². The molecule has 0 saturated carbocycles. The van der Waals surface area contributed by atoms with E-state index in [0.29, 0.717) is 24.5 Å². The first-order valence-electron chi connectivity index (χ1n) is 10.9. The van der Waals surface area contributed by atoms with Crippen LogP contribution < -0.4 is 11.0 Å². The number of benzene rings is 2. The van der Waals surface area contributed by atoms with Crippen molar-refractivity contribution in [1.82, 2.24) is 14.0 Å². The van der Waals surface area contributed by atoms with E-state index in [1.165, 1.54) is 12.1 Å². The number of anilines is 1. The monoisotopic (exact) mass is 469 g/mol. The van der Waals surface area contributed by atoms with Gasteiger partial charge in [-0.15, -0.1) is 4.40 Å². The van der Waals surface area contributed by atoms with E-state index in [-0.39, 0.29) is 29.5 Å². The fraction of sp³-hybridized carbons (Fsp3) is 0.348. The van der Waals surface area contributed by atoms with Crippen LogP contribution in [-0.2, 0) is 27.9 Å². The Hall–Kier alpha value is -3.40. The fourth-order valence-corrected chi connectivity index (χ4v) is 5.21. The molecule has 0 aliphatic carbocycles. The van der Waals surface area contributed by atoms with Crippen LogP contribution in [0.3, 0.4) is 0 Å². The average molecular weight is 470 g/mol. The van der Waals surface area contributed by atoms with Gasteiger partial charge in [0.1, 0.15) is 5.84 Å². The summed E-state index contributed by atoms with van der Waals surface area (Å²) in [7, 11) is -2.05. The third kappa shape index (κ3) is 4.70. The maximum atomic E-state index is 12.7. The van der Waals surface area contributed by atoms with E-state index in [9.17, 15) is 18.0 Å². The molecule has 0 radical (unpaired) electrons. The van der Waals surface area contributed by atoms with Crippen LogP contribution in [0.1, 0.15) is 26.2 Å². The number of fused-ring (bicyclic) bond motifs is 1. The number of amidine groups is 1. The van der Waals surface area contributed by atoms with Gasteiger partial charge in [-0.2, -0.15) is 8.42 Å². The molecule has 10 heteroatoms. The molecule has 1 aromatic heterocycles. The van der Waals surface area contributed by atoms with Gasteiger partial charge in [-0.3, -0.25) is 13.9 Å². The predicted octanol–water partition coefficient (Wildman–Crippen LogP) is 2.66. The van der Waals surface area contributed by atoms with Gasteiger partial charge in [0, 0.05) is 45.2 Å². The Bertz CT molecular complexity index is 1390. The Labute approximate surface area is 192 Å². The van der Waals surface area contributed by atoms with Crippen LogP contribution in [0.4, 0.5) is 5.69 Å². The van der Waals surface area contributed by atoms with Gasteiger partial charge in [0.2, 0.25) is 5.91 Å². The van der Waals surface area contributed by atoms with Crippen LogP contribution in [0.15, 0.2) is 62.6 Å². The van der Waals surface area contributed by atoms with E-state index in [1.54, 1.807) is 21.3 Å². The standard InChI is InChI=1S/C23H27N5O4S/c1-3-27-19-10-4-5-11-20(19)28(23(27)30)15-13-22(29)24-17-8-6-9-18(16-17)33(31,32)25-21-12-7-14-26(21)2/h4-6,8-11,16H,3,7,12-15H2,1-2H3,(H,24,29)/b25-21-. The molecule has 9 nitrogen and oxygen atoms in total. The van der Waals surface area contributed by atoms with Crippen molar-refractivity contribution in [3.63, 3.8) is 0 Å². The minimum atomic E-state index is -3.87. The molecule has 1 aliphatic rings. The van der Waals surface area contributed by atoms with Crippen LogP contribution >= 0.6 is 0 Å². The van der Waals surface area contributed by atoms with E-state index >= 15 is 0 Å². The second-order valence-corrected chi connectivity index (χ2v) is 9.60. The number of sulfonamides is 1. The molecule has 1 saturated heterocycles. The summed E-state index contributed by atoms with van der Waals surface area (Å²) in [4.78, 5) is 27.2. The molecule has 0 unspecified atom stereocenters. The SMILES string of the molecule is CCn1c(=O)n(CCC(=O)Nc2cccc(S(=O)(=O)/N=C3/CCCN3C)c2)c2ccccc21. The number of nitrogens with one attached hydrogen (secondary N) is 1. The van der Waals surface area contributed by atoms with Crippen molar-refractivity contribution in [2.24, 2.45) is 4.40 Å². The van der Waals surface area contributed by atoms with Gasteiger partial charge in [0.25, 0.3) is 10.0 Å². The lowest BCUT2D eigenvalue weighted by atomic mass is 10.3. The average Bonchev–Trinajstić information content (AvgIpc) is 3.31. The summed E-state index contributed by atoms with van der Waals surface area (Å²) in [6.07, 6.45) is 1.57. The predicted molar refractivity (Wildman–Crippen MR) is 128 cm³/mol. The number of carbonyl (C=O) groups excluding carboxylic acids is 1. The molecule has 1 fully saturated rings. The summed E-state index contributed by atoms with van der Waals surface area (Å²) in [5.74, 6) is 0.229. The molecule has 0 bridgehead atoms. The number of hydrogen-bond acceptors (Lipinski definition) is 4. The number of amides is 1. The number of rotatable bonds is 7. The lowest BCUT2D eigenvalue weighted by molar-refractivity contribution is -0.116. The molecule has 0 atom stereocenters. The maximum absolute atomic E-state index is 12.7. The lowest BCUT2D eigenvalue weighted by Gasteiger charge is -2.11. The second-order valence-electron chi connectivity index (χ2n) is 8.00. The van der Waals surface area contributed by atoms with E-state index in [0.717, 1.165) is 24.0 Å². The molecule has 3 aromatic rings. The summed E-state index contributed by atoms with van der Waals surface area (Å²) < 4.78 is 32.6. The summed E-state index contributed by atoms with van der Waals surface area (Å²) in [5, 5.41) is 2.73. The number of likely N-dealkylation sites (tertiary alicyclic amines) is 1. The minimum absolute atomic E-state index is 0.0235. The first-order chi connectivity index (χ1) is 15.8. The van der Waals surface area contributed by atoms with Crippen molar-refractivity contribution in [2.75, 3.05) is 18.9 Å². The largest absolute Gasteiger partial charge is 0.362 e. The summed E-state index contributed by atoms with van der Waals surface area (Å²) in [6, 6.07) is 13.5. The molecular formula is C23H27N5O4S. The number of aromatic nitrogens is 2. The number of hydrogen-bond donors (Lipinski definition) is 1. The molecule has 1 aliphatic heterocycles. The molecule has 1 amide bonds. The zero-order chi connectivity index (χ0) is 23.6. The van der Waals surface area contributed by atoms with Gasteiger partial charge in [0.15, 0.2) is 0 Å². The number of carbonyl (C=O) groups is 1. The Kier molecular flexibility index (Phi) is 6.37. The summed E-state index contributed by atoms with van der Waals surface area (Å²) in [5.41, 5.74) is 1.82. The smallest absolute Gasteiger partial charge is 0.329 e. The highest BCUT2D eigenvalue weighted by Crippen LogP contribution is 2.20. The Morgan fingerprint density at radius 3 is 2.48 bits per heavy atom. The molecule has 174 valence electrons. The molecular weight excluding hydrogens is 442 g/mol. The lowest BCUT2D eigenvalue weighted by Crippen LogP contribution is -2.25. The first kappa shape index (κ1) is 22.8. The van der Waals surface area contributed by atoms with Crippen LogP contribution in [0.5, 0.6) is 0 Å². The maximum Gasteiger partial charge on any atom is 0.329 e. The van der Waals surface area contributed by atoms with E-state index in [4.69, 9.17) is 0 Å². The molecule has 4 rings (SSSR count). The molecule has 33 heavy (non-hydrogen) atoms. The van der Waals surface area contributed by atoms with Crippen molar-refractivity contribution >= 4 is 38.5 Å². The molecule has 2 aromatic carbocycles. The van der Waals surface area contributed by atoms with Crippen LogP contribution in [0.25, 0.3) is 11.0 Å². The van der Waals surface area contributed by atoms with Crippen molar-refractivity contribution in [1.29, 1.82) is 0 Å². The number of para-hydroxylation sites is 2. The van der Waals surface area contributed by atoms with Gasteiger partial charge in [-0.05, 0) is 43.7 Å². The number of imidazole rings is 1. The summed E-state index contributed by atoms with van der Waals surface area (Å²) >= 11 is 0. The van der Waals surface area contributed by atoms with E-state index in [2.05, 4.69) is 9.71 Å². The Morgan fingerprint density at radius 1 is 1.09 bits per heavy atom. The van der Waals surface area contributed by atoms with Gasteiger partial charge in [-0.1, -0.05) is 18.2 Å². The minimum Gasteiger partial charge on any atom is -0.362 e. The Balaban J connectivity index is 1.48. The third-order valence-corrected chi connectivity index (χ3v) is 7.08. The number of nitrogens with zero attached hydrogens (tertiary/aromatic N) is 4. The Morgan fingerprint density at radius 2 is 1.82 bits per heavy atom. The van der Waals surface area contributed by atoms with Crippen molar-refractivity contribution in [2.45, 2.75) is 44.2 Å². The highest BCUT2D eigenvalue weighted by atomic mass is 32.2. The quantitative estimate of drug-likeness (QED) is 0.573. The first-order valence-corrected chi connectivity index (χ1v) is 12.4. The van der Waals surface area contributed by atoms with Crippen LogP contribution in [0.2, 0.25) is 0 Å². The van der Waals surface area contributed by atoms with Gasteiger partial charge < -0.3 is 10.2 Å². The zero-order valence-electron chi connectivity index (χ0n) is 18.7. The van der Waals surface area contributed by atoms with Crippen molar-refractivity contribution < 1.29 is 13.2 Å². The molecule has 2 heterocycles. The third-order valence-electron chi connectivity index (χ3n) is 5.78. The normalized spacial score (nSPS) is 15.5. The molecule has 1 N–H and O–H groups in total. The number of aryl methyl sites for hydroxylation is 2. The fourth-order valence-electron chi connectivity index (χ4n) is 4.07. The molecule has 0 spiro atoms. The second kappa shape index (κ2) is 9.22. The van der Waals surface area contributed by atoms with Crippen LogP contribution in [0, 0.1) is 0 Å². The highest BCUT2D eigenvalue weighted by molar-refractivity contribution is 7.90. The van der Waals surface area contributed by atoms with Crippen molar-refractivity contribution in [3.05, 3.63) is 59.0 Å². The van der Waals surface area contributed by atoms with Gasteiger partial charge >= 0.3 is 5.69 Å². The van der Waals surface area contributed by atoms with E-state index < -0.39 is 10.0 Å². The van der Waals surface area contributed by atoms with Gasteiger partial charge in [-0.25, -0.2) is 4.79 Å².